The molecule has 0 saturated carbocycles. The summed E-state index contributed by atoms with van der Waals surface area (Å²) in [6.07, 6.45) is 1.55. The Balaban J connectivity index is 1.70. The van der Waals surface area contributed by atoms with Gasteiger partial charge in [0.25, 0.3) is 5.91 Å². The largest absolute Gasteiger partial charge is 0.340 e. The first-order valence-electron chi connectivity index (χ1n) is 7.47. The molecule has 5 heteroatoms. The Labute approximate surface area is 139 Å². The van der Waals surface area contributed by atoms with E-state index in [1.807, 2.05) is 30.3 Å². The first kappa shape index (κ1) is 15.7. The highest BCUT2D eigenvalue weighted by molar-refractivity contribution is 6.05. The molecule has 0 atom stereocenters. The second kappa shape index (κ2) is 6.91. The van der Waals surface area contributed by atoms with E-state index in [-0.39, 0.29) is 5.91 Å². The molecule has 24 heavy (non-hydrogen) atoms. The van der Waals surface area contributed by atoms with Crippen LogP contribution in [0, 0.1) is 12.7 Å². The Hall–Kier alpha value is -3.21. The fourth-order valence-electron chi connectivity index (χ4n) is 2.25. The standard InChI is InChI=1S/C19H16FN3O/c1-13-7-8-14(20)11-17(13)19(24)23-16-9-10-18(21-12-16)22-15-5-3-2-4-6-15/h2-12H,1H3,(H,21,22)(H,23,24). The number of nitrogens with zero attached hydrogens (tertiary/aromatic N) is 1. The summed E-state index contributed by atoms with van der Waals surface area (Å²) in [4.78, 5) is 16.5. The van der Waals surface area contributed by atoms with Crippen LogP contribution in [0.15, 0.2) is 66.9 Å². The molecule has 0 spiro atoms. The highest BCUT2D eigenvalue weighted by Crippen LogP contribution is 2.17. The fourth-order valence-corrected chi connectivity index (χ4v) is 2.25. The van der Waals surface area contributed by atoms with Gasteiger partial charge in [-0.2, -0.15) is 0 Å². The minimum absolute atomic E-state index is 0.307. The van der Waals surface area contributed by atoms with Crippen molar-refractivity contribution in [3.8, 4) is 0 Å². The summed E-state index contributed by atoms with van der Waals surface area (Å²) in [5.41, 5.74) is 2.49. The van der Waals surface area contributed by atoms with Crippen molar-refractivity contribution in [1.29, 1.82) is 0 Å². The lowest BCUT2D eigenvalue weighted by Gasteiger charge is -2.09. The van der Waals surface area contributed by atoms with Gasteiger partial charge in [0, 0.05) is 11.3 Å². The second-order valence-corrected chi connectivity index (χ2v) is 5.34. The Morgan fingerprint density at radius 2 is 1.79 bits per heavy atom. The Bertz CT molecular complexity index is 848. The van der Waals surface area contributed by atoms with Crippen molar-refractivity contribution in [2.45, 2.75) is 6.92 Å². The van der Waals surface area contributed by atoms with Gasteiger partial charge in [0.2, 0.25) is 0 Å². The molecule has 0 bridgehead atoms. The number of aromatic nitrogens is 1. The van der Waals surface area contributed by atoms with E-state index >= 15 is 0 Å². The van der Waals surface area contributed by atoms with Gasteiger partial charge < -0.3 is 10.6 Å². The predicted molar refractivity (Wildman–Crippen MR) is 93.1 cm³/mol. The van der Waals surface area contributed by atoms with Gasteiger partial charge >= 0.3 is 0 Å². The molecular formula is C19H16FN3O. The van der Waals surface area contributed by atoms with Gasteiger partial charge in [-0.1, -0.05) is 24.3 Å². The van der Waals surface area contributed by atoms with Crippen LogP contribution in [0.1, 0.15) is 15.9 Å². The third-order valence-electron chi connectivity index (χ3n) is 3.51. The van der Waals surface area contributed by atoms with Gasteiger partial charge in [-0.15, -0.1) is 0 Å². The zero-order chi connectivity index (χ0) is 16.9. The van der Waals surface area contributed by atoms with E-state index < -0.39 is 5.82 Å². The van der Waals surface area contributed by atoms with E-state index in [2.05, 4.69) is 15.6 Å². The van der Waals surface area contributed by atoms with E-state index in [4.69, 9.17) is 0 Å². The summed E-state index contributed by atoms with van der Waals surface area (Å²) in [5, 5.41) is 5.88. The molecule has 2 aromatic carbocycles. The number of anilines is 3. The third kappa shape index (κ3) is 3.76. The minimum atomic E-state index is -0.439. The Kier molecular flexibility index (Phi) is 4.52. The van der Waals surface area contributed by atoms with Gasteiger partial charge in [-0.05, 0) is 48.9 Å². The molecule has 0 aliphatic rings. The quantitative estimate of drug-likeness (QED) is 0.742. The van der Waals surface area contributed by atoms with Gasteiger partial charge in [0.05, 0.1) is 11.9 Å². The van der Waals surface area contributed by atoms with E-state index in [1.54, 1.807) is 31.3 Å². The summed E-state index contributed by atoms with van der Waals surface area (Å²) in [5.74, 6) is -0.134. The summed E-state index contributed by atoms with van der Waals surface area (Å²) in [6.45, 7) is 1.76. The summed E-state index contributed by atoms with van der Waals surface area (Å²) >= 11 is 0. The van der Waals surface area contributed by atoms with Gasteiger partial charge in [0.1, 0.15) is 11.6 Å². The van der Waals surface area contributed by atoms with Crippen molar-refractivity contribution in [2.75, 3.05) is 10.6 Å². The van der Waals surface area contributed by atoms with Gasteiger partial charge in [0.15, 0.2) is 0 Å². The molecule has 3 rings (SSSR count). The number of halogens is 1. The monoisotopic (exact) mass is 321 g/mol. The highest BCUT2D eigenvalue weighted by Gasteiger charge is 2.10. The number of pyridine rings is 1. The molecule has 0 fully saturated rings. The number of rotatable bonds is 4. The molecule has 2 N–H and O–H groups in total. The molecule has 3 aromatic rings. The molecule has 1 aromatic heterocycles. The molecule has 0 radical (unpaired) electrons. The van der Waals surface area contributed by atoms with Gasteiger partial charge in [-0.3, -0.25) is 4.79 Å². The maximum absolute atomic E-state index is 13.3. The van der Waals surface area contributed by atoms with E-state index in [0.29, 0.717) is 22.6 Å². The van der Waals surface area contributed by atoms with Crippen LogP contribution in [-0.4, -0.2) is 10.9 Å². The lowest BCUT2D eigenvalue weighted by molar-refractivity contribution is 0.102. The lowest BCUT2D eigenvalue weighted by atomic mass is 10.1. The van der Waals surface area contributed by atoms with Crippen LogP contribution in [0.2, 0.25) is 0 Å². The van der Waals surface area contributed by atoms with Crippen LogP contribution >= 0.6 is 0 Å². The third-order valence-corrected chi connectivity index (χ3v) is 3.51. The molecule has 0 aliphatic carbocycles. The van der Waals surface area contributed by atoms with Crippen LogP contribution in [0.5, 0.6) is 0 Å². The summed E-state index contributed by atoms with van der Waals surface area (Å²) in [6, 6.07) is 17.3. The number of aryl methyl sites for hydroxylation is 1. The minimum Gasteiger partial charge on any atom is -0.340 e. The first-order valence-corrected chi connectivity index (χ1v) is 7.47. The number of nitrogens with one attached hydrogen (secondary N) is 2. The highest BCUT2D eigenvalue weighted by atomic mass is 19.1. The average Bonchev–Trinajstić information content (AvgIpc) is 2.59. The van der Waals surface area contributed by atoms with E-state index in [1.165, 1.54) is 12.1 Å². The van der Waals surface area contributed by atoms with Crippen molar-refractivity contribution in [3.63, 3.8) is 0 Å². The maximum atomic E-state index is 13.3. The molecule has 1 heterocycles. The summed E-state index contributed by atoms with van der Waals surface area (Å²) < 4.78 is 13.3. The van der Waals surface area contributed by atoms with Crippen molar-refractivity contribution in [2.24, 2.45) is 0 Å². The number of benzene rings is 2. The molecule has 4 nitrogen and oxygen atoms in total. The first-order chi connectivity index (χ1) is 11.6. The molecule has 1 amide bonds. The molecule has 0 saturated heterocycles. The maximum Gasteiger partial charge on any atom is 0.256 e. The number of amides is 1. The number of carbonyl (C=O) groups is 1. The average molecular weight is 321 g/mol. The van der Waals surface area contributed by atoms with E-state index in [9.17, 15) is 9.18 Å². The lowest BCUT2D eigenvalue weighted by Crippen LogP contribution is -2.14. The van der Waals surface area contributed by atoms with Crippen molar-refractivity contribution in [3.05, 3.63) is 83.8 Å². The molecule has 0 unspecified atom stereocenters. The summed E-state index contributed by atoms with van der Waals surface area (Å²) in [7, 11) is 0. The zero-order valence-electron chi connectivity index (χ0n) is 13.1. The Morgan fingerprint density at radius 1 is 1.00 bits per heavy atom. The number of para-hydroxylation sites is 1. The van der Waals surface area contributed by atoms with Crippen LogP contribution < -0.4 is 10.6 Å². The topological polar surface area (TPSA) is 54.0 Å². The molecule has 0 aliphatic heterocycles. The number of hydrogen-bond donors (Lipinski definition) is 2. The normalized spacial score (nSPS) is 10.2. The fraction of sp³-hybridized carbons (Fsp3) is 0.0526. The smallest absolute Gasteiger partial charge is 0.256 e. The second-order valence-electron chi connectivity index (χ2n) is 5.34. The van der Waals surface area contributed by atoms with Gasteiger partial charge in [-0.25, -0.2) is 9.37 Å². The van der Waals surface area contributed by atoms with Crippen LogP contribution in [0.4, 0.5) is 21.6 Å². The predicted octanol–water partition coefficient (Wildman–Crippen LogP) is 4.53. The van der Waals surface area contributed by atoms with Crippen LogP contribution in [0.25, 0.3) is 0 Å². The molecular weight excluding hydrogens is 305 g/mol. The zero-order valence-corrected chi connectivity index (χ0v) is 13.1. The van der Waals surface area contributed by atoms with Crippen LogP contribution in [-0.2, 0) is 0 Å². The van der Waals surface area contributed by atoms with Crippen molar-refractivity contribution in [1.82, 2.24) is 4.98 Å². The number of carbonyl (C=O) groups excluding carboxylic acids is 1. The van der Waals surface area contributed by atoms with Crippen LogP contribution in [0.3, 0.4) is 0 Å². The number of hydrogen-bond acceptors (Lipinski definition) is 3. The van der Waals surface area contributed by atoms with Crippen molar-refractivity contribution < 1.29 is 9.18 Å². The van der Waals surface area contributed by atoms with Crippen molar-refractivity contribution >= 4 is 23.1 Å². The Morgan fingerprint density at radius 3 is 2.50 bits per heavy atom. The van der Waals surface area contributed by atoms with E-state index in [0.717, 1.165) is 5.69 Å². The molecule has 120 valence electrons. The SMILES string of the molecule is Cc1ccc(F)cc1C(=O)Nc1ccc(Nc2ccccc2)nc1.